The van der Waals surface area contributed by atoms with Crippen LogP contribution < -0.4 is 0 Å². The van der Waals surface area contributed by atoms with Crippen LogP contribution in [0.25, 0.3) is 102 Å². The molecule has 218 valence electrons. The second kappa shape index (κ2) is 9.32. The average Bonchev–Trinajstić information content (AvgIpc) is 3.80. The molecule has 0 bridgehead atoms. The summed E-state index contributed by atoms with van der Waals surface area (Å²) >= 11 is 1.88. The van der Waals surface area contributed by atoms with E-state index in [1.165, 1.54) is 74.6 Å². The largest absolute Gasteiger partial charge is 0.455 e. The summed E-state index contributed by atoms with van der Waals surface area (Å²) in [5.41, 5.74) is 7.92. The normalized spacial score (nSPS) is 12.3. The first-order valence-electron chi connectivity index (χ1n) is 16.0. The van der Waals surface area contributed by atoms with Crippen molar-refractivity contribution in [2.75, 3.05) is 0 Å². The molecule has 11 rings (SSSR count). The highest BCUT2D eigenvalue weighted by Crippen LogP contribution is 2.47. The highest BCUT2D eigenvalue weighted by molar-refractivity contribution is 7.26. The van der Waals surface area contributed by atoms with E-state index in [0.717, 1.165) is 27.6 Å². The minimum absolute atomic E-state index is 0.918. The van der Waals surface area contributed by atoms with Gasteiger partial charge in [-0.05, 0) is 76.3 Å². The fourth-order valence-electron chi connectivity index (χ4n) is 7.92. The molecule has 0 fully saturated rings. The van der Waals surface area contributed by atoms with E-state index >= 15 is 0 Å². The third kappa shape index (κ3) is 3.44. The van der Waals surface area contributed by atoms with Crippen LogP contribution in [-0.2, 0) is 0 Å². The van der Waals surface area contributed by atoms with Gasteiger partial charge in [0.15, 0.2) is 0 Å². The van der Waals surface area contributed by atoms with Gasteiger partial charge in [-0.1, -0.05) is 97.1 Å². The Kier molecular flexibility index (Phi) is 5.02. The molecule has 8 aromatic carbocycles. The zero-order valence-electron chi connectivity index (χ0n) is 25.2. The van der Waals surface area contributed by atoms with Gasteiger partial charge in [0.25, 0.3) is 0 Å². The summed E-state index contributed by atoms with van der Waals surface area (Å²) in [5, 5.41) is 12.2. The predicted molar refractivity (Wildman–Crippen MR) is 201 cm³/mol. The number of rotatable bonds is 2. The predicted octanol–water partition coefficient (Wildman–Crippen LogP) is 13.0. The molecule has 3 aromatic heterocycles. The van der Waals surface area contributed by atoms with Crippen molar-refractivity contribution in [3.05, 3.63) is 152 Å². The van der Waals surface area contributed by atoms with Crippen molar-refractivity contribution in [3.63, 3.8) is 0 Å². The summed E-state index contributed by atoms with van der Waals surface area (Å²) in [5.74, 6) is 0. The fraction of sp³-hybridized carbons (Fsp3) is 0. The molecule has 0 saturated heterocycles. The number of thiophene rings is 1. The Hall–Kier alpha value is -5.90. The molecule has 0 atom stereocenters. The Bertz CT molecular complexity index is 3070. The number of hydrogen-bond acceptors (Lipinski definition) is 2. The molecular weight excluding hydrogens is 591 g/mol. The minimum atomic E-state index is 0.918. The molecule has 0 aliphatic rings. The lowest BCUT2D eigenvalue weighted by Crippen LogP contribution is -1.93. The quantitative estimate of drug-likeness (QED) is 0.177. The minimum Gasteiger partial charge on any atom is -0.455 e. The summed E-state index contributed by atoms with van der Waals surface area (Å²) in [6.07, 6.45) is 0. The van der Waals surface area contributed by atoms with E-state index in [9.17, 15) is 0 Å². The van der Waals surface area contributed by atoms with Crippen molar-refractivity contribution in [3.8, 4) is 16.8 Å². The van der Waals surface area contributed by atoms with Crippen LogP contribution in [0.1, 0.15) is 0 Å². The topological polar surface area (TPSA) is 18.1 Å². The van der Waals surface area contributed by atoms with Gasteiger partial charge in [-0.3, -0.25) is 0 Å². The molecule has 3 heterocycles. The van der Waals surface area contributed by atoms with E-state index in [4.69, 9.17) is 4.42 Å². The highest BCUT2D eigenvalue weighted by atomic mass is 32.1. The van der Waals surface area contributed by atoms with Gasteiger partial charge in [-0.2, -0.15) is 0 Å². The third-order valence-electron chi connectivity index (χ3n) is 9.96. The van der Waals surface area contributed by atoms with Gasteiger partial charge >= 0.3 is 0 Å². The van der Waals surface area contributed by atoms with E-state index in [1.54, 1.807) is 0 Å². The molecule has 0 N–H and O–H groups in total. The fourth-order valence-corrected chi connectivity index (χ4v) is 9.15. The Morgan fingerprint density at radius 2 is 1.19 bits per heavy atom. The number of furan rings is 1. The maximum atomic E-state index is 6.77. The van der Waals surface area contributed by atoms with Crippen molar-refractivity contribution >= 4 is 96.8 Å². The number of nitrogens with zero attached hydrogens (tertiary/aromatic N) is 1. The second-order valence-electron chi connectivity index (χ2n) is 12.4. The maximum absolute atomic E-state index is 6.77. The molecular formula is C44H25NOS. The van der Waals surface area contributed by atoms with Crippen LogP contribution in [-0.4, -0.2) is 4.57 Å². The van der Waals surface area contributed by atoms with E-state index < -0.39 is 0 Å². The van der Waals surface area contributed by atoms with Crippen molar-refractivity contribution in [2.24, 2.45) is 0 Å². The molecule has 0 amide bonds. The highest BCUT2D eigenvalue weighted by Gasteiger charge is 2.21. The number of aromatic nitrogens is 1. The van der Waals surface area contributed by atoms with E-state index in [1.807, 2.05) is 11.3 Å². The van der Waals surface area contributed by atoms with Crippen LogP contribution in [0.4, 0.5) is 0 Å². The van der Waals surface area contributed by atoms with Gasteiger partial charge in [0.1, 0.15) is 11.2 Å². The van der Waals surface area contributed by atoms with Crippen molar-refractivity contribution in [1.82, 2.24) is 4.57 Å². The van der Waals surface area contributed by atoms with Gasteiger partial charge in [0.05, 0.1) is 11.0 Å². The zero-order chi connectivity index (χ0) is 30.6. The van der Waals surface area contributed by atoms with Crippen molar-refractivity contribution < 1.29 is 4.42 Å². The summed E-state index contributed by atoms with van der Waals surface area (Å²) in [7, 11) is 0. The monoisotopic (exact) mass is 615 g/mol. The molecule has 11 aromatic rings. The lowest BCUT2D eigenvalue weighted by Gasteiger charge is -2.14. The molecule has 0 saturated carbocycles. The van der Waals surface area contributed by atoms with E-state index in [-0.39, 0.29) is 0 Å². The average molecular weight is 616 g/mol. The van der Waals surface area contributed by atoms with Gasteiger partial charge in [0, 0.05) is 58.4 Å². The number of benzene rings is 8. The molecule has 0 aliphatic heterocycles. The molecule has 2 nitrogen and oxygen atoms in total. The van der Waals surface area contributed by atoms with Crippen LogP contribution in [0.2, 0.25) is 0 Å². The molecule has 0 aliphatic carbocycles. The van der Waals surface area contributed by atoms with Crippen LogP contribution in [0, 0.1) is 0 Å². The standard InChI is InChI=1S/C44H25NOS/c1-2-11-27(12-3-1)45-38-18-7-4-13-28(38)37-25-35-26(24-39(37)45)23-36(34-17-10-16-33-30-15-6-9-20-41(30)47-44(33)34)31-21-22-32-29-14-5-8-19-40(29)46-43(32)42(31)35/h1-25H. The van der Waals surface area contributed by atoms with Crippen LogP contribution in [0.5, 0.6) is 0 Å². The van der Waals surface area contributed by atoms with E-state index in [0.29, 0.717) is 0 Å². The number of fused-ring (bicyclic) bond motifs is 13. The third-order valence-corrected chi connectivity index (χ3v) is 11.2. The summed E-state index contributed by atoms with van der Waals surface area (Å²) < 4.78 is 11.8. The summed E-state index contributed by atoms with van der Waals surface area (Å²) in [6.45, 7) is 0. The molecule has 47 heavy (non-hydrogen) atoms. The number of hydrogen-bond donors (Lipinski definition) is 0. The first-order chi connectivity index (χ1) is 23.3. The van der Waals surface area contributed by atoms with Gasteiger partial charge in [-0.15, -0.1) is 11.3 Å². The first kappa shape index (κ1) is 25.3. The lowest BCUT2D eigenvalue weighted by molar-refractivity contribution is 0.673. The number of para-hydroxylation sites is 3. The van der Waals surface area contributed by atoms with Crippen LogP contribution >= 0.6 is 11.3 Å². The van der Waals surface area contributed by atoms with Gasteiger partial charge in [-0.25, -0.2) is 0 Å². The zero-order valence-corrected chi connectivity index (χ0v) is 26.0. The smallest absolute Gasteiger partial charge is 0.143 e. The molecule has 0 unspecified atom stereocenters. The van der Waals surface area contributed by atoms with Crippen molar-refractivity contribution in [1.29, 1.82) is 0 Å². The first-order valence-corrected chi connectivity index (χ1v) is 16.8. The van der Waals surface area contributed by atoms with Gasteiger partial charge in [0.2, 0.25) is 0 Å². The Labute approximate surface area is 273 Å². The van der Waals surface area contributed by atoms with Crippen LogP contribution in [0.15, 0.2) is 156 Å². The Morgan fingerprint density at radius 3 is 2.11 bits per heavy atom. The Balaban J connectivity index is 1.35. The molecule has 0 radical (unpaired) electrons. The molecule has 3 heteroatoms. The Morgan fingerprint density at radius 1 is 0.447 bits per heavy atom. The summed E-state index contributed by atoms with van der Waals surface area (Å²) in [6, 6.07) is 55.2. The van der Waals surface area contributed by atoms with Crippen LogP contribution in [0.3, 0.4) is 0 Å². The van der Waals surface area contributed by atoms with Gasteiger partial charge < -0.3 is 8.98 Å². The van der Waals surface area contributed by atoms with E-state index in [2.05, 4.69) is 156 Å². The summed E-state index contributed by atoms with van der Waals surface area (Å²) in [4.78, 5) is 0. The lowest BCUT2D eigenvalue weighted by atomic mass is 9.90. The maximum Gasteiger partial charge on any atom is 0.143 e. The SMILES string of the molecule is c1ccc(-n2c3ccccc3c3cc4c(cc(-c5cccc6c5sc5ccccc56)c5ccc6c7ccccc7oc6c54)cc32)cc1. The molecule has 0 spiro atoms. The second-order valence-corrected chi connectivity index (χ2v) is 13.5. The van der Waals surface area contributed by atoms with Crippen molar-refractivity contribution in [2.45, 2.75) is 0 Å².